The molecule has 0 aromatic heterocycles. The van der Waals surface area contributed by atoms with E-state index in [-0.39, 0.29) is 33.3 Å². The highest BCUT2D eigenvalue weighted by atomic mass is 35.5. The normalized spacial score (nSPS) is 16.7. The summed E-state index contributed by atoms with van der Waals surface area (Å²) in [4.78, 5) is 29.5. The molecule has 1 heterocycles. The predicted molar refractivity (Wildman–Crippen MR) is 136 cm³/mol. The zero-order valence-electron chi connectivity index (χ0n) is 20.4. The van der Waals surface area contributed by atoms with Crippen LogP contribution in [0.4, 0.5) is 20.2 Å². The van der Waals surface area contributed by atoms with E-state index in [4.69, 9.17) is 21.1 Å². The Morgan fingerprint density at radius 2 is 1.59 bits per heavy atom. The van der Waals surface area contributed by atoms with Gasteiger partial charge in [-0.15, -0.1) is 0 Å². The van der Waals surface area contributed by atoms with Crippen molar-refractivity contribution in [2.24, 2.45) is 0 Å². The molecular formula is C27H23ClF2N2O5. The molecule has 1 N–H and O–H groups in total. The number of carbonyl (C=O) groups is 2. The van der Waals surface area contributed by atoms with Gasteiger partial charge in [0.25, 0.3) is 11.7 Å². The molecule has 0 bridgehead atoms. The number of hydrogen-bond acceptors (Lipinski definition) is 6. The number of halogens is 3. The number of nitrogens with zero attached hydrogens (tertiary/aromatic N) is 2. The zero-order chi connectivity index (χ0) is 27.0. The van der Waals surface area contributed by atoms with Crippen LogP contribution in [0.15, 0.2) is 60.2 Å². The topological polar surface area (TPSA) is 79.3 Å². The standard InChI is InChI=1S/C27H23ClF2N2O5/c1-31(2)15-7-5-14(6-8-15)24-23(25(33)17-12-18(28)22(37-4)13-21(17)36-3)26(34)27(35)32(24)16-9-10-19(29)20(30)11-16/h5-13,24,33H,1-4H3/b25-23+. The molecule has 1 saturated heterocycles. The maximum atomic E-state index is 14.2. The number of ether oxygens (including phenoxy) is 2. The minimum Gasteiger partial charge on any atom is -0.507 e. The number of methoxy groups -OCH3 is 2. The molecule has 0 aliphatic carbocycles. The highest BCUT2D eigenvalue weighted by molar-refractivity contribution is 6.51. The SMILES string of the molecule is COc1cc(OC)c(/C(O)=C2\C(=O)C(=O)N(c3ccc(F)c(F)c3)C2c2ccc(N(C)C)cc2)cc1Cl. The van der Waals surface area contributed by atoms with Gasteiger partial charge in [-0.1, -0.05) is 23.7 Å². The van der Waals surface area contributed by atoms with Crippen LogP contribution in [-0.2, 0) is 9.59 Å². The zero-order valence-corrected chi connectivity index (χ0v) is 21.1. The van der Waals surface area contributed by atoms with Crippen LogP contribution >= 0.6 is 11.6 Å². The van der Waals surface area contributed by atoms with Gasteiger partial charge in [0, 0.05) is 37.6 Å². The fourth-order valence-electron chi connectivity index (χ4n) is 4.19. The van der Waals surface area contributed by atoms with Crippen LogP contribution in [0.3, 0.4) is 0 Å². The lowest BCUT2D eigenvalue weighted by Crippen LogP contribution is -2.29. The summed E-state index contributed by atoms with van der Waals surface area (Å²) in [7, 11) is 6.46. The van der Waals surface area contributed by atoms with Crippen molar-refractivity contribution in [1.82, 2.24) is 0 Å². The molecule has 1 fully saturated rings. The van der Waals surface area contributed by atoms with Crippen LogP contribution in [0.5, 0.6) is 11.5 Å². The minimum absolute atomic E-state index is 0.0477. The molecular weight excluding hydrogens is 506 g/mol. The van der Waals surface area contributed by atoms with Crippen LogP contribution in [-0.4, -0.2) is 45.1 Å². The van der Waals surface area contributed by atoms with E-state index >= 15 is 0 Å². The number of hydrogen-bond donors (Lipinski definition) is 1. The number of amides is 1. The molecule has 37 heavy (non-hydrogen) atoms. The van der Waals surface area contributed by atoms with Crippen molar-refractivity contribution in [3.63, 3.8) is 0 Å². The molecule has 3 aromatic rings. The van der Waals surface area contributed by atoms with Gasteiger partial charge >= 0.3 is 0 Å². The van der Waals surface area contributed by atoms with E-state index in [1.54, 1.807) is 24.3 Å². The Labute approximate surface area is 217 Å². The number of benzene rings is 3. The Morgan fingerprint density at radius 1 is 0.946 bits per heavy atom. The van der Waals surface area contributed by atoms with E-state index in [0.29, 0.717) is 5.56 Å². The second kappa shape index (κ2) is 10.1. The van der Waals surface area contributed by atoms with E-state index in [1.165, 1.54) is 32.4 Å². The smallest absolute Gasteiger partial charge is 0.300 e. The molecule has 1 amide bonds. The third kappa shape index (κ3) is 4.58. The summed E-state index contributed by atoms with van der Waals surface area (Å²) in [6.45, 7) is 0. The number of anilines is 2. The van der Waals surface area contributed by atoms with Crippen LogP contribution in [0, 0.1) is 11.6 Å². The van der Waals surface area contributed by atoms with Gasteiger partial charge in [0.2, 0.25) is 0 Å². The molecule has 192 valence electrons. The number of aliphatic hydroxyl groups is 1. The van der Waals surface area contributed by atoms with Gasteiger partial charge in [-0.05, 0) is 35.9 Å². The van der Waals surface area contributed by atoms with Crippen LogP contribution in [0.25, 0.3) is 5.76 Å². The summed E-state index contributed by atoms with van der Waals surface area (Å²) >= 11 is 6.27. The average molecular weight is 529 g/mol. The molecule has 0 radical (unpaired) electrons. The van der Waals surface area contributed by atoms with Crippen molar-refractivity contribution in [2.45, 2.75) is 6.04 Å². The molecule has 7 nitrogen and oxygen atoms in total. The van der Waals surface area contributed by atoms with Crippen molar-refractivity contribution < 1.29 is 33.0 Å². The van der Waals surface area contributed by atoms with Gasteiger partial charge in [0.1, 0.15) is 17.3 Å². The predicted octanol–water partition coefficient (Wildman–Crippen LogP) is 5.33. The third-order valence-corrected chi connectivity index (χ3v) is 6.38. The van der Waals surface area contributed by atoms with Gasteiger partial charge in [-0.2, -0.15) is 0 Å². The lowest BCUT2D eigenvalue weighted by Gasteiger charge is -2.26. The Bertz CT molecular complexity index is 1420. The van der Waals surface area contributed by atoms with Gasteiger partial charge in [-0.25, -0.2) is 8.78 Å². The molecule has 3 aromatic carbocycles. The van der Waals surface area contributed by atoms with E-state index in [1.807, 2.05) is 19.0 Å². The summed E-state index contributed by atoms with van der Waals surface area (Å²) in [6, 6.07) is 11.4. The monoisotopic (exact) mass is 528 g/mol. The second-order valence-corrected chi connectivity index (χ2v) is 8.85. The first-order chi connectivity index (χ1) is 17.6. The molecule has 10 heteroatoms. The Hall–Kier alpha value is -4.11. The number of Topliss-reactive ketones (excluding diaryl/α,β-unsaturated/α-hetero) is 1. The fraction of sp³-hybridized carbons (Fsp3) is 0.185. The second-order valence-electron chi connectivity index (χ2n) is 8.44. The first-order valence-corrected chi connectivity index (χ1v) is 11.4. The molecule has 1 atom stereocenters. The molecule has 1 unspecified atom stereocenters. The molecule has 1 aliphatic heterocycles. The first-order valence-electron chi connectivity index (χ1n) is 11.0. The van der Waals surface area contributed by atoms with E-state index in [9.17, 15) is 23.5 Å². The molecule has 1 aliphatic rings. The summed E-state index contributed by atoms with van der Waals surface area (Å²) in [6.07, 6.45) is 0. The quantitative estimate of drug-likeness (QED) is 0.265. The van der Waals surface area contributed by atoms with Gasteiger partial charge in [0.15, 0.2) is 11.6 Å². The summed E-state index contributed by atoms with van der Waals surface area (Å²) < 4.78 is 38.4. The number of carbonyl (C=O) groups excluding carboxylic acids is 2. The van der Waals surface area contributed by atoms with Crippen LogP contribution in [0.1, 0.15) is 17.2 Å². The number of rotatable bonds is 6. The molecule has 0 spiro atoms. The molecule has 4 rings (SSSR count). The van der Waals surface area contributed by atoms with Gasteiger partial charge in [0.05, 0.1) is 36.4 Å². The summed E-state index contributed by atoms with van der Waals surface area (Å²) in [5.41, 5.74) is 1.02. The maximum absolute atomic E-state index is 14.2. The summed E-state index contributed by atoms with van der Waals surface area (Å²) in [5.74, 6) is -4.47. The van der Waals surface area contributed by atoms with Crippen molar-refractivity contribution in [1.29, 1.82) is 0 Å². The molecule has 0 saturated carbocycles. The largest absolute Gasteiger partial charge is 0.507 e. The Morgan fingerprint density at radius 3 is 2.16 bits per heavy atom. The van der Waals surface area contributed by atoms with Gasteiger partial charge in [-0.3, -0.25) is 14.5 Å². The lowest BCUT2D eigenvalue weighted by atomic mass is 9.94. The minimum atomic E-state index is -1.19. The van der Waals surface area contributed by atoms with Gasteiger partial charge < -0.3 is 19.5 Å². The number of ketones is 1. The van der Waals surface area contributed by atoms with Crippen molar-refractivity contribution in [3.05, 3.63) is 88.0 Å². The maximum Gasteiger partial charge on any atom is 0.300 e. The fourth-order valence-corrected chi connectivity index (χ4v) is 4.43. The van der Waals surface area contributed by atoms with Crippen LogP contribution in [0.2, 0.25) is 5.02 Å². The Balaban J connectivity index is 1.98. The van der Waals surface area contributed by atoms with Crippen LogP contribution < -0.4 is 19.3 Å². The Kier molecular flexibility index (Phi) is 7.09. The third-order valence-electron chi connectivity index (χ3n) is 6.08. The highest BCUT2D eigenvalue weighted by Crippen LogP contribution is 2.45. The lowest BCUT2D eigenvalue weighted by molar-refractivity contribution is -0.132. The van der Waals surface area contributed by atoms with E-state index in [2.05, 4.69) is 0 Å². The van der Waals surface area contributed by atoms with Crippen molar-refractivity contribution in [2.75, 3.05) is 38.1 Å². The van der Waals surface area contributed by atoms with E-state index < -0.39 is 35.1 Å². The van der Waals surface area contributed by atoms with Crippen molar-refractivity contribution in [3.8, 4) is 11.5 Å². The van der Waals surface area contributed by atoms with Crippen molar-refractivity contribution >= 4 is 40.4 Å². The highest BCUT2D eigenvalue weighted by Gasteiger charge is 2.47. The van der Waals surface area contributed by atoms with E-state index in [0.717, 1.165) is 22.7 Å². The average Bonchev–Trinajstić information content (AvgIpc) is 3.15. The number of aliphatic hydroxyl groups excluding tert-OH is 1. The first kappa shape index (κ1) is 26.0. The summed E-state index contributed by atoms with van der Waals surface area (Å²) in [5, 5.41) is 11.5.